The maximum absolute atomic E-state index is 13.2. The third-order valence-electron chi connectivity index (χ3n) is 6.98. The first-order valence-corrected chi connectivity index (χ1v) is 13.9. The zero-order chi connectivity index (χ0) is 30.9. The zero-order valence-corrected chi connectivity index (χ0v) is 24.0. The molecule has 0 bridgehead atoms. The number of carbonyl (C=O) groups excluding carboxylic acids is 5. The fourth-order valence-electron chi connectivity index (χ4n) is 4.26. The van der Waals surface area contributed by atoms with Crippen LogP contribution in [0.3, 0.4) is 0 Å². The first-order valence-electron chi connectivity index (χ1n) is 13.9. The summed E-state index contributed by atoms with van der Waals surface area (Å²) in [5, 5.41) is 19.4. The van der Waals surface area contributed by atoms with E-state index in [1.54, 1.807) is 36.4 Å². The van der Waals surface area contributed by atoms with Gasteiger partial charge in [-0.05, 0) is 44.2 Å². The molecule has 0 spiro atoms. The van der Waals surface area contributed by atoms with Gasteiger partial charge in [-0.25, -0.2) is 4.79 Å². The largest absolute Gasteiger partial charge is 0.480 e. The SMILES string of the molecule is CC(NC(=O)[C@H](Cc1ccccc1)NC(=O)Cc1ccccc1)C(=O)C(=O)N[C@@H](CC1CC1)C(=O)NC(C)(C)C(=O)O. The van der Waals surface area contributed by atoms with E-state index in [4.69, 9.17) is 0 Å². The van der Waals surface area contributed by atoms with Crippen LogP contribution in [-0.2, 0) is 41.6 Å². The van der Waals surface area contributed by atoms with E-state index in [2.05, 4.69) is 21.3 Å². The van der Waals surface area contributed by atoms with Gasteiger partial charge in [0.25, 0.3) is 5.91 Å². The second kappa shape index (κ2) is 14.4. The van der Waals surface area contributed by atoms with Gasteiger partial charge in [0, 0.05) is 6.42 Å². The highest BCUT2D eigenvalue weighted by atomic mass is 16.4. The molecule has 4 amide bonds. The zero-order valence-electron chi connectivity index (χ0n) is 24.0. The van der Waals surface area contributed by atoms with Crippen LogP contribution in [0.2, 0.25) is 0 Å². The standard InChI is InChI=1S/C31H38N4O7/c1-19(26(37)29(40)34-24(17-22-14-15-22)28(39)35-31(2,3)30(41)42)32-27(38)23(16-20-10-6-4-7-11-20)33-25(36)18-21-12-8-5-9-13-21/h4-13,19,22-24H,14-18H2,1-3H3,(H,32,38)(H,33,36)(H,34,40)(H,35,39)(H,41,42)/t19?,23-,24-/m0/s1. The maximum atomic E-state index is 13.2. The molecule has 0 heterocycles. The van der Waals surface area contributed by atoms with E-state index in [1.807, 2.05) is 24.3 Å². The highest BCUT2D eigenvalue weighted by molar-refractivity contribution is 6.38. The summed E-state index contributed by atoms with van der Waals surface area (Å²) in [5.41, 5.74) is -0.0219. The van der Waals surface area contributed by atoms with Crippen LogP contribution in [0, 0.1) is 5.92 Å². The van der Waals surface area contributed by atoms with E-state index < -0.39 is 53.1 Å². The Morgan fingerprint density at radius 1 is 0.810 bits per heavy atom. The van der Waals surface area contributed by atoms with Gasteiger partial charge in [0.05, 0.1) is 12.5 Å². The lowest BCUT2D eigenvalue weighted by Gasteiger charge is -2.26. The average Bonchev–Trinajstić information content (AvgIpc) is 3.76. The molecule has 1 aliphatic rings. The van der Waals surface area contributed by atoms with E-state index in [0.29, 0.717) is 0 Å². The van der Waals surface area contributed by atoms with Crippen molar-refractivity contribution in [3.63, 3.8) is 0 Å². The molecule has 1 fully saturated rings. The van der Waals surface area contributed by atoms with Gasteiger partial charge in [-0.1, -0.05) is 73.5 Å². The summed E-state index contributed by atoms with van der Waals surface area (Å²) in [6, 6.07) is 14.7. The van der Waals surface area contributed by atoms with Crippen molar-refractivity contribution < 1.29 is 33.9 Å². The number of hydrogen-bond donors (Lipinski definition) is 5. The van der Waals surface area contributed by atoms with Crippen LogP contribution in [0.25, 0.3) is 0 Å². The molecule has 11 heteroatoms. The first-order chi connectivity index (χ1) is 19.9. The van der Waals surface area contributed by atoms with Crippen LogP contribution in [0.1, 0.15) is 51.2 Å². The van der Waals surface area contributed by atoms with E-state index in [0.717, 1.165) is 24.0 Å². The van der Waals surface area contributed by atoms with Gasteiger partial charge in [0.1, 0.15) is 17.6 Å². The third-order valence-corrected chi connectivity index (χ3v) is 6.98. The van der Waals surface area contributed by atoms with Gasteiger partial charge in [-0.15, -0.1) is 0 Å². The minimum atomic E-state index is -1.58. The van der Waals surface area contributed by atoms with Crippen molar-refractivity contribution in [2.24, 2.45) is 5.92 Å². The minimum Gasteiger partial charge on any atom is -0.480 e. The third kappa shape index (κ3) is 9.83. The van der Waals surface area contributed by atoms with Crippen molar-refractivity contribution in [2.75, 3.05) is 0 Å². The molecule has 0 radical (unpaired) electrons. The number of Topliss-reactive ketones (excluding diaryl/α,β-unsaturated/α-hetero) is 1. The highest BCUT2D eigenvalue weighted by Crippen LogP contribution is 2.33. The molecule has 2 aromatic carbocycles. The molecule has 3 atom stereocenters. The highest BCUT2D eigenvalue weighted by Gasteiger charge is 2.37. The summed E-state index contributed by atoms with van der Waals surface area (Å²) in [5.74, 6) is -4.87. The number of amides is 4. The summed E-state index contributed by atoms with van der Waals surface area (Å²) in [6.45, 7) is 3.97. The second-order valence-electron chi connectivity index (χ2n) is 11.2. The normalized spacial score (nSPS) is 14.9. The lowest BCUT2D eigenvalue weighted by molar-refractivity contribution is -0.147. The van der Waals surface area contributed by atoms with Gasteiger partial charge >= 0.3 is 5.97 Å². The molecular formula is C31H38N4O7. The number of nitrogens with one attached hydrogen (secondary N) is 4. The quantitative estimate of drug-likeness (QED) is 0.198. The molecule has 1 aliphatic carbocycles. The Labute approximate surface area is 244 Å². The fraction of sp³-hybridized carbons (Fsp3) is 0.419. The summed E-state index contributed by atoms with van der Waals surface area (Å²) in [4.78, 5) is 76.1. The number of carboxylic acid groups (broad SMARTS) is 1. The van der Waals surface area contributed by atoms with Crippen LogP contribution in [0.5, 0.6) is 0 Å². The number of hydrogen-bond acceptors (Lipinski definition) is 6. The van der Waals surface area contributed by atoms with Crippen LogP contribution in [-0.4, -0.2) is 64.2 Å². The van der Waals surface area contributed by atoms with Gasteiger partial charge in [0.15, 0.2) is 0 Å². The lowest BCUT2D eigenvalue weighted by atomic mass is 10.0. The molecule has 1 unspecified atom stereocenters. The van der Waals surface area contributed by atoms with Crippen LogP contribution in [0.4, 0.5) is 0 Å². The molecule has 1 saturated carbocycles. The number of carbonyl (C=O) groups is 6. The van der Waals surface area contributed by atoms with Crippen LogP contribution in [0.15, 0.2) is 60.7 Å². The number of aliphatic carboxylic acids is 1. The Morgan fingerprint density at radius 2 is 1.38 bits per heavy atom. The monoisotopic (exact) mass is 578 g/mol. The fourth-order valence-corrected chi connectivity index (χ4v) is 4.26. The first kappa shape index (κ1) is 32.0. The van der Waals surface area contributed by atoms with Crippen LogP contribution < -0.4 is 21.3 Å². The number of ketones is 1. The summed E-state index contributed by atoms with van der Waals surface area (Å²) < 4.78 is 0. The second-order valence-corrected chi connectivity index (χ2v) is 11.2. The maximum Gasteiger partial charge on any atom is 0.328 e. The molecule has 42 heavy (non-hydrogen) atoms. The molecule has 2 aromatic rings. The predicted octanol–water partition coefficient (Wildman–Crippen LogP) is 1.29. The molecule has 0 aromatic heterocycles. The van der Waals surface area contributed by atoms with Crippen molar-refractivity contribution in [1.29, 1.82) is 0 Å². The summed E-state index contributed by atoms with van der Waals surface area (Å²) in [6.07, 6.45) is 2.19. The molecule has 224 valence electrons. The van der Waals surface area contributed by atoms with Crippen molar-refractivity contribution >= 4 is 35.4 Å². The Morgan fingerprint density at radius 3 is 1.93 bits per heavy atom. The Bertz CT molecular complexity index is 1290. The predicted molar refractivity (Wildman–Crippen MR) is 154 cm³/mol. The Kier molecular flexibility index (Phi) is 11.0. The van der Waals surface area contributed by atoms with Crippen molar-refractivity contribution in [2.45, 2.75) is 76.5 Å². The average molecular weight is 579 g/mol. The number of rotatable bonds is 15. The van der Waals surface area contributed by atoms with Crippen LogP contribution >= 0.6 is 0 Å². The van der Waals surface area contributed by atoms with Gasteiger partial charge in [-0.2, -0.15) is 0 Å². The van der Waals surface area contributed by atoms with Gasteiger partial charge in [-0.3, -0.25) is 24.0 Å². The van der Waals surface area contributed by atoms with Crippen molar-refractivity contribution in [1.82, 2.24) is 21.3 Å². The smallest absolute Gasteiger partial charge is 0.328 e. The van der Waals surface area contributed by atoms with E-state index in [-0.39, 0.29) is 31.1 Å². The molecule has 11 nitrogen and oxygen atoms in total. The summed E-state index contributed by atoms with van der Waals surface area (Å²) >= 11 is 0. The van der Waals surface area contributed by atoms with Crippen molar-refractivity contribution in [3.05, 3.63) is 71.8 Å². The van der Waals surface area contributed by atoms with E-state index in [9.17, 15) is 33.9 Å². The Balaban J connectivity index is 1.65. The van der Waals surface area contributed by atoms with E-state index >= 15 is 0 Å². The molecule has 0 aliphatic heterocycles. The number of benzene rings is 2. The minimum absolute atomic E-state index is 0.0550. The molecule has 5 N–H and O–H groups in total. The number of carboxylic acids is 1. The molecule has 3 rings (SSSR count). The topological polar surface area (TPSA) is 171 Å². The molecular weight excluding hydrogens is 540 g/mol. The summed E-state index contributed by atoms with van der Waals surface area (Å²) in [7, 11) is 0. The van der Waals surface area contributed by atoms with Gasteiger partial charge in [0.2, 0.25) is 23.5 Å². The van der Waals surface area contributed by atoms with Crippen molar-refractivity contribution in [3.8, 4) is 0 Å². The van der Waals surface area contributed by atoms with Gasteiger partial charge < -0.3 is 26.4 Å². The Hall–Kier alpha value is -4.54. The van der Waals surface area contributed by atoms with E-state index in [1.165, 1.54) is 20.8 Å². The lowest BCUT2D eigenvalue weighted by Crippen LogP contribution is -2.58. The molecule has 0 saturated heterocycles.